The molecule has 94 valence electrons. The minimum absolute atomic E-state index is 0.0877. The van der Waals surface area contributed by atoms with Gasteiger partial charge in [0.15, 0.2) is 5.82 Å². The maximum absolute atomic E-state index is 12.0. The Bertz CT molecular complexity index is 550. The van der Waals surface area contributed by atoms with Crippen LogP contribution in [-0.2, 0) is 13.1 Å². The first kappa shape index (κ1) is 12.3. The standard InChI is InChI=1S/C13H16N4O/c1-2-8-17-9-7-15-12(13(17)18)16-10-11-5-3-4-6-14-11/h3-7,9H,2,8,10H2,1H3,(H,15,16). The molecule has 0 amide bonds. The number of anilines is 1. The number of rotatable bonds is 5. The van der Waals surface area contributed by atoms with Gasteiger partial charge in [0.2, 0.25) is 0 Å². The molecule has 2 rings (SSSR count). The molecule has 5 nitrogen and oxygen atoms in total. The van der Waals surface area contributed by atoms with E-state index in [1.54, 1.807) is 23.2 Å². The van der Waals surface area contributed by atoms with Gasteiger partial charge in [-0.05, 0) is 18.6 Å². The number of pyridine rings is 1. The Morgan fingerprint density at radius 1 is 1.28 bits per heavy atom. The van der Waals surface area contributed by atoms with Crippen LogP contribution in [0.2, 0.25) is 0 Å². The summed E-state index contributed by atoms with van der Waals surface area (Å²) in [6.45, 7) is 3.24. The molecule has 0 bridgehead atoms. The van der Waals surface area contributed by atoms with Crippen molar-refractivity contribution in [1.29, 1.82) is 0 Å². The Kier molecular flexibility index (Phi) is 4.06. The maximum atomic E-state index is 12.0. The molecule has 0 fully saturated rings. The fourth-order valence-corrected chi connectivity index (χ4v) is 1.66. The van der Waals surface area contributed by atoms with Crippen molar-refractivity contribution >= 4 is 5.82 Å². The molecule has 0 saturated heterocycles. The van der Waals surface area contributed by atoms with Crippen molar-refractivity contribution < 1.29 is 0 Å². The van der Waals surface area contributed by atoms with Gasteiger partial charge in [0.25, 0.3) is 5.56 Å². The summed E-state index contributed by atoms with van der Waals surface area (Å²) in [5.41, 5.74) is 0.792. The van der Waals surface area contributed by atoms with Crippen molar-refractivity contribution in [3.05, 3.63) is 52.8 Å². The van der Waals surface area contributed by atoms with Gasteiger partial charge in [-0.2, -0.15) is 0 Å². The number of aromatic nitrogens is 3. The molecule has 0 aliphatic rings. The Morgan fingerprint density at radius 2 is 2.17 bits per heavy atom. The first-order valence-corrected chi connectivity index (χ1v) is 6.00. The van der Waals surface area contributed by atoms with Gasteiger partial charge in [0.1, 0.15) is 0 Å². The first-order chi connectivity index (χ1) is 8.81. The number of nitrogens with one attached hydrogen (secondary N) is 1. The number of hydrogen-bond acceptors (Lipinski definition) is 4. The number of nitrogens with zero attached hydrogens (tertiary/aromatic N) is 3. The van der Waals surface area contributed by atoms with Crippen LogP contribution >= 0.6 is 0 Å². The highest BCUT2D eigenvalue weighted by atomic mass is 16.1. The molecular formula is C13H16N4O. The molecule has 0 atom stereocenters. The lowest BCUT2D eigenvalue weighted by molar-refractivity contribution is 0.649. The van der Waals surface area contributed by atoms with E-state index >= 15 is 0 Å². The SMILES string of the molecule is CCCn1ccnc(NCc2ccccn2)c1=O. The van der Waals surface area contributed by atoms with Crippen molar-refractivity contribution in [1.82, 2.24) is 14.5 Å². The molecule has 2 heterocycles. The van der Waals surface area contributed by atoms with E-state index < -0.39 is 0 Å². The van der Waals surface area contributed by atoms with Crippen molar-refractivity contribution in [3.63, 3.8) is 0 Å². The van der Waals surface area contributed by atoms with Gasteiger partial charge in [0.05, 0.1) is 12.2 Å². The van der Waals surface area contributed by atoms with Crippen LogP contribution < -0.4 is 10.9 Å². The Morgan fingerprint density at radius 3 is 2.89 bits per heavy atom. The summed E-state index contributed by atoms with van der Waals surface area (Å²) < 4.78 is 1.66. The second-order valence-corrected chi connectivity index (χ2v) is 3.95. The third-order valence-electron chi connectivity index (χ3n) is 2.54. The van der Waals surface area contributed by atoms with E-state index in [1.807, 2.05) is 25.1 Å². The lowest BCUT2D eigenvalue weighted by Crippen LogP contribution is -2.24. The molecule has 0 spiro atoms. The normalized spacial score (nSPS) is 10.3. The molecule has 2 aromatic rings. The quantitative estimate of drug-likeness (QED) is 0.869. The third kappa shape index (κ3) is 2.94. The van der Waals surface area contributed by atoms with Crippen molar-refractivity contribution in [2.75, 3.05) is 5.32 Å². The van der Waals surface area contributed by atoms with Gasteiger partial charge in [-0.15, -0.1) is 0 Å². The molecule has 0 saturated carbocycles. The molecule has 1 N–H and O–H groups in total. The zero-order chi connectivity index (χ0) is 12.8. The smallest absolute Gasteiger partial charge is 0.293 e. The van der Waals surface area contributed by atoms with Crippen LogP contribution in [0.5, 0.6) is 0 Å². The van der Waals surface area contributed by atoms with Crippen LogP contribution in [0.25, 0.3) is 0 Å². The third-order valence-corrected chi connectivity index (χ3v) is 2.54. The van der Waals surface area contributed by atoms with Gasteiger partial charge < -0.3 is 9.88 Å². The predicted molar refractivity (Wildman–Crippen MR) is 70.4 cm³/mol. The van der Waals surface area contributed by atoms with Crippen molar-refractivity contribution in [2.45, 2.75) is 26.4 Å². The highest BCUT2D eigenvalue weighted by molar-refractivity contribution is 5.31. The molecule has 5 heteroatoms. The zero-order valence-corrected chi connectivity index (χ0v) is 10.3. The summed E-state index contributed by atoms with van der Waals surface area (Å²) in [5.74, 6) is 0.372. The molecule has 0 aliphatic heterocycles. The van der Waals surface area contributed by atoms with E-state index in [9.17, 15) is 4.79 Å². The lowest BCUT2D eigenvalue weighted by atomic mass is 10.3. The number of hydrogen-bond donors (Lipinski definition) is 1. The van der Waals surface area contributed by atoms with E-state index in [-0.39, 0.29) is 5.56 Å². The Balaban J connectivity index is 2.10. The van der Waals surface area contributed by atoms with Gasteiger partial charge in [0, 0.05) is 25.1 Å². The van der Waals surface area contributed by atoms with E-state index in [4.69, 9.17) is 0 Å². The van der Waals surface area contributed by atoms with Crippen LogP contribution in [0.4, 0.5) is 5.82 Å². The summed E-state index contributed by atoms with van der Waals surface area (Å²) in [4.78, 5) is 20.2. The minimum atomic E-state index is -0.0877. The van der Waals surface area contributed by atoms with E-state index in [2.05, 4.69) is 15.3 Å². The monoisotopic (exact) mass is 244 g/mol. The fraction of sp³-hybridized carbons (Fsp3) is 0.308. The first-order valence-electron chi connectivity index (χ1n) is 6.00. The predicted octanol–water partition coefficient (Wildman–Crippen LogP) is 1.66. The van der Waals surface area contributed by atoms with E-state index in [1.165, 1.54) is 0 Å². The zero-order valence-electron chi connectivity index (χ0n) is 10.3. The Labute approximate surface area is 106 Å². The molecule has 2 aromatic heterocycles. The highest BCUT2D eigenvalue weighted by Crippen LogP contribution is 1.99. The maximum Gasteiger partial charge on any atom is 0.293 e. The molecule has 18 heavy (non-hydrogen) atoms. The van der Waals surface area contributed by atoms with Crippen molar-refractivity contribution in [2.24, 2.45) is 0 Å². The van der Waals surface area contributed by atoms with Crippen LogP contribution in [0.1, 0.15) is 19.0 Å². The van der Waals surface area contributed by atoms with E-state index in [0.717, 1.165) is 12.1 Å². The summed E-state index contributed by atoms with van der Waals surface area (Å²) in [6, 6.07) is 5.68. The summed E-state index contributed by atoms with van der Waals surface area (Å²) in [5, 5.41) is 3.02. The molecular weight excluding hydrogens is 228 g/mol. The van der Waals surface area contributed by atoms with Crippen LogP contribution in [-0.4, -0.2) is 14.5 Å². The van der Waals surface area contributed by atoms with Crippen LogP contribution in [0.15, 0.2) is 41.6 Å². The second kappa shape index (κ2) is 5.95. The average molecular weight is 244 g/mol. The summed E-state index contributed by atoms with van der Waals surface area (Å²) in [6.07, 6.45) is 5.99. The fourth-order valence-electron chi connectivity index (χ4n) is 1.66. The largest absolute Gasteiger partial charge is 0.360 e. The lowest BCUT2D eigenvalue weighted by Gasteiger charge is -2.07. The minimum Gasteiger partial charge on any atom is -0.360 e. The van der Waals surface area contributed by atoms with Gasteiger partial charge in [-0.3, -0.25) is 9.78 Å². The second-order valence-electron chi connectivity index (χ2n) is 3.95. The van der Waals surface area contributed by atoms with Crippen LogP contribution in [0, 0.1) is 0 Å². The Hall–Kier alpha value is -2.17. The van der Waals surface area contributed by atoms with Gasteiger partial charge in [-0.25, -0.2) is 4.98 Å². The molecule has 0 unspecified atom stereocenters. The summed E-state index contributed by atoms with van der Waals surface area (Å²) >= 11 is 0. The van der Waals surface area contributed by atoms with Crippen LogP contribution in [0.3, 0.4) is 0 Å². The van der Waals surface area contributed by atoms with Crippen molar-refractivity contribution in [3.8, 4) is 0 Å². The molecule has 0 aromatic carbocycles. The molecule has 0 aliphatic carbocycles. The van der Waals surface area contributed by atoms with E-state index in [0.29, 0.717) is 18.9 Å². The average Bonchev–Trinajstić information content (AvgIpc) is 2.41. The number of aryl methyl sites for hydroxylation is 1. The summed E-state index contributed by atoms with van der Waals surface area (Å²) in [7, 11) is 0. The van der Waals surface area contributed by atoms with Gasteiger partial charge in [-0.1, -0.05) is 13.0 Å². The molecule has 0 radical (unpaired) electrons. The topological polar surface area (TPSA) is 59.8 Å². The highest BCUT2D eigenvalue weighted by Gasteiger charge is 2.03. The van der Waals surface area contributed by atoms with Gasteiger partial charge >= 0.3 is 0 Å².